The van der Waals surface area contributed by atoms with Gasteiger partial charge in [0.25, 0.3) is 0 Å². The van der Waals surface area contributed by atoms with Crippen molar-refractivity contribution in [1.82, 2.24) is 9.97 Å². The van der Waals surface area contributed by atoms with E-state index in [2.05, 4.69) is 20.0 Å². The van der Waals surface area contributed by atoms with E-state index in [4.69, 9.17) is 5.73 Å². The number of nitrogens with one attached hydrogen (secondary N) is 1. The summed E-state index contributed by atoms with van der Waals surface area (Å²) < 4.78 is 40.8. The average Bonchev–Trinajstić information content (AvgIpc) is 2.40. The molecule has 1 aromatic carbocycles. The lowest BCUT2D eigenvalue weighted by atomic mass is 10.3. The van der Waals surface area contributed by atoms with Crippen LogP contribution in [0.25, 0.3) is 0 Å². The zero-order valence-corrected chi connectivity index (χ0v) is 10.2. The molecule has 106 valence electrons. The highest BCUT2D eigenvalue weighted by molar-refractivity contribution is 5.63. The van der Waals surface area contributed by atoms with Gasteiger partial charge in [-0.2, -0.15) is 0 Å². The van der Waals surface area contributed by atoms with Gasteiger partial charge in [0.15, 0.2) is 5.75 Å². The van der Waals surface area contributed by atoms with Gasteiger partial charge < -0.3 is 15.8 Å². The van der Waals surface area contributed by atoms with E-state index in [0.717, 1.165) is 0 Å². The van der Waals surface area contributed by atoms with Gasteiger partial charge in [-0.3, -0.25) is 0 Å². The van der Waals surface area contributed by atoms with Gasteiger partial charge >= 0.3 is 6.36 Å². The van der Waals surface area contributed by atoms with Crippen LogP contribution in [0.4, 0.5) is 24.7 Å². The molecule has 0 aliphatic heterocycles. The molecule has 0 atom stereocenters. The molecule has 0 amide bonds. The maximum Gasteiger partial charge on any atom is 0.573 e. The molecule has 1 heterocycles. The van der Waals surface area contributed by atoms with Gasteiger partial charge in [-0.05, 0) is 18.2 Å². The quantitative estimate of drug-likeness (QED) is 0.902. The summed E-state index contributed by atoms with van der Waals surface area (Å²) >= 11 is 0. The van der Waals surface area contributed by atoms with Crippen molar-refractivity contribution in [3.63, 3.8) is 0 Å². The highest BCUT2D eigenvalue weighted by atomic mass is 19.4. The second kappa shape index (κ2) is 5.74. The van der Waals surface area contributed by atoms with E-state index in [0.29, 0.717) is 11.6 Å². The van der Waals surface area contributed by atoms with Crippen molar-refractivity contribution in [3.05, 3.63) is 42.4 Å². The van der Waals surface area contributed by atoms with Crippen LogP contribution in [0.1, 0.15) is 5.82 Å². The number of benzene rings is 1. The third-order valence-electron chi connectivity index (χ3n) is 2.26. The molecule has 1 aromatic heterocycles. The Morgan fingerprint density at radius 3 is 2.65 bits per heavy atom. The summed E-state index contributed by atoms with van der Waals surface area (Å²) in [5, 5.41) is 2.74. The normalized spacial score (nSPS) is 11.2. The number of ether oxygens (including phenoxy) is 1. The lowest BCUT2D eigenvalue weighted by Crippen LogP contribution is -2.18. The molecule has 0 fully saturated rings. The molecular formula is C12H11F3N4O. The zero-order valence-electron chi connectivity index (χ0n) is 10.2. The van der Waals surface area contributed by atoms with Crippen LogP contribution in [0.15, 0.2) is 36.5 Å². The second-order valence-electron chi connectivity index (χ2n) is 3.73. The Bertz CT molecular complexity index is 589. The Morgan fingerprint density at radius 1 is 1.20 bits per heavy atom. The Hall–Kier alpha value is -2.35. The fourth-order valence-corrected chi connectivity index (χ4v) is 1.49. The van der Waals surface area contributed by atoms with Gasteiger partial charge in [-0.25, -0.2) is 9.97 Å². The monoisotopic (exact) mass is 284 g/mol. The molecule has 0 aliphatic carbocycles. The van der Waals surface area contributed by atoms with Gasteiger partial charge in [0.2, 0.25) is 0 Å². The average molecular weight is 284 g/mol. The van der Waals surface area contributed by atoms with Crippen molar-refractivity contribution in [1.29, 1.82) is 0 Å². The molecule has 3 N–H and O–H groups in total. The smallest absolute Gasteiger partial charge is 0.404 e. The SMILES string of the molecule is NCc1nccc(Nc2ccccc2OC(F)(F)F)n1. The van der Waals surface area contributed by atoms with Crippen molar-refractivity contribution >= 4 is 11.5 Å². The number of hydrogen-bond donors (Lipinski definition) is 2. The number of nitrogens with zero attached hydrogens (tertiary/aromatic N) is 2. The number of aromatic nitrogens is 2. The van der Waals surface area contributed by atoms with E-state index in [1.54, 1.807) is 6.07 Å². The Kier molecular flexibility index (Phi) is 4.04. The van der Waals surface area contributed by atoms with Crippen molar-refractivity contribution < 1.29 is 17.9 Å². The third kappa shape index (κ3) is 3.82. The lowest BCUT2D eigenvalue weighted by molar-refractivity contribution is -0.274. The highest BCUT2D eigenvalue weighted by Gasteiger charge is 2.32. The van der Waals surface area contributed by atoms with E-state index in [9.17, 15) is 13.2 Å². The van der Waals surface area contributed by atoms with Crippen molar-refractivity contribution in [2.24, 2.45) is 5.73 Å². The van der Waals surface area contributed by atoms with Crippen LogP contribution in [-0.4, -0.2) is 16.3 Å². The molecule has 20 heavy (non-hydrogen) atoms. The minimum absolute atomic E-state index is 0.135. The number of hydrogen-bond acceptors (Lipinski definition) is 5. The Morgan fingerprint density at radius 2 is 1.95 bits per heavy atom. The first kappa shape index (κ1) is 14.1. The molecule has 8 heteroatoms. The van der Waals surface area contributed by atoms with Crippen molar-refractivity contribution in [2.75, 3.05) is 5.32 Å². The molecule has 5 nitrogen and oxygen atoms in total. The predicted octanol–water partition coefficient (Wildman–Crippen LogP) is 2.58. The molecule has 0 spiro atoms. The predicted molar refractivity (Wildman–Crippen MR) is 66.3 cm³/mol. The van der Waals surface area contributed by atoms with Crippen LogP contribution in [0.5, 0.6) is 5.75 Å². The molecule has 0 saturated carbocycles. The molecule has 0 radical (unpaired) electrons. The van der Waals surface area contributed by atoms with Crippen LogP contribution < -0.4 is 15.8 Å². The van der Waals surface area contributed by atoms with Crippen LogP contribution >= 0.6 is 0 Å². The van der Waals surface area contributed by atoms with E-state index < -0.39 is 6.36 Å². The standard InChI is InChI=1S/C12H11F3N4O/c13-12(14,15)20-9-4-2-1-3-8(9)18-10-5-6-17-11(7-16)19-10/h1-6H,7,16H2,(H,17,18,19). The maximum absolute atomic E-state index is 12.3. The van der Waals surface area contributed by atoms with Gasteiger partial charge in [0, 0.05) is 6.20 Å². The highest BCUT2D eigenvalue weighted by Crippen LogP contribution is 2.31. The molecular weight excluding hydrogens is 273 g/mol. The number of para-hydroxylation sites is 2. The molecule has 0 unspecified atom stereocenters. The fourth-order valence-electron chi connectivity index (χ4n) is 1.49. The maximum atomic E-state index is 12.3. The molecule has 0 saturated heterocycles. The summed E-state index contributed by atoms with van der Waals surface area (Å²) in [4.78, 5) is 7.93. The summed E-state index contributed by atoms with van der Waals surface area (Å²) in [5.41, 5.74) is 5.54. The van der Waals surface area contributed by atoms with Gasteiger partial charge in [0.1, 0.15) is 11.6 Å². The van der Waals surface area contributed by atoms with Gasteiger partial charge in [0.05, 0.1) is 12.2 Å². The van der Waals surface area contributed by atoms with Crippen LogP contribution in [0.2, 0.25) is 0 Å². The summed E-state index contributed by atoms with van der Waals surface area (Å²) in [6, 6.07) is 7.20. The van der Waals surface area contributed by atoms with Crippen LogP contribution in [0, 0.1) is 0 Å². The molecule has 2 aromatic rings. The number of alkyl halides is 3. The van der Waals surface area contributed by atoms with E-state index in [-0.39, 0.29) is 18.0 Å². The minimum Gasteiger partial charge on any atom is -0.404 e. The molecule has 0 aliphatic rings. The molecule has 0 bridgehead atoms. The second-order valence-corrected chi connectivity index (χ2v) is 3.73. The van der Waals surface area contributed by atoms with E-state index in [1.807, 2.05) is 0 Å². The summed E-state index contributed by atoms with van der Waals surface area (Å²) in [7, 11) is 0. The largest absolute Gasteiger partial charge is 0.573 e. The first-order valence-electron chi connectivity index (χ1n) is 5.62. The lowest BCUT2D eigenvalue weighted by Gasteiger charge is -2.14. The number of anilines is 2. The van der Waals surface area contributed by atoms with Crippen molar-refractivity contribution in [2.45, 2.75) is 12.9 Å². The number of halogens is 3. The fraction of sp³-hybridized carbons (Fsp3) is 0.167. The van der Waals surface area contributed by atoms with Gasteiger partial charge in [-0.15, -0.1) is 13.2 Å². The van der Waals surface area contributed by atoms with E-state index >= 15 is 0 Å². The Balaban J connectivity index is 2.24. The zero-order chi connectivity index (χ0) is 14.6. The third-order valence-corrected chi connectivity index (χ3v) is 2.26. The number of nitrogens with two attached hydrogens (primary N) is 1. The molecule has 2 rings (SSSR count). The van der Waals surface area contributed by atoms with E-state index in [1.165, 1.54) is 30.5 Å². The van der Waals surface area contributed by atoms with Crippen LogP contribution in [0.3, 0.4) is 0 Å². The topological polar surface area (TPSA) is 73.1 Å². The van der Waals surface area contributed by atoms with Crippen LogP contribution in [-0.2, 0) is 6.54 Å². The summed E-state index contributed by atoms with van der Waals surface area (Å²) in [6.07, 6.45) is -3.30. The Labute approximate surface area is 112 Å². The summed E-state index contributed by atoms with van der Waals surface area (Å²) in [5.74, 6) is 0.371. The number of rotatable bonds is 4. The first-order valence-corrected chi connectivity index (χ1v) is 5.62. The first-order chi connectivity index (χ1) is 9.48. The van der Waals surface area contributed by atoms with Crippen molar-refractivity contribution in [3.8, 4) is 5.75 Å². The van der Waals surface area contributed by atoms with Gasteiger partial charge in [-0.1, -0.05) is 12.1 Å². The summed E-state index contributed by atoms with van der Waals surface area (Å²) in [6.45, 7) is 0.135. The minimum atomic E-state index is -4.76.